The minimum absolute atomic E-state index is 0.00488. The van der Waals surface area contributed by atoms with E-state index in [1.807, 2.05) is 60.7 Å². The van der Waals surface area contributed by atoms with E-state index in [2.05, 4.69) is 0 Å². The maximum Gasteiger partial charge on any atom is 0.254 e. The lowest BCUT2D eigenvalue weighted by Crippen LogP contribution is -2.33. The topological polar surface area (TPSA) is 63.7 Å². The van der Waals surface area contributed by atoms with Crippen molar-refractivity contribution in [3.63, 3.8) is 0 Å². The first kappa shape index (κ1) is 24.2. The summed E-state index contributed by atoms with van der Waals surface area (Å²) < 4.78 is 19.6. The molecule has 4 aromatic rings. The summed E-state index contributed by atoms with van der Waals surface area (Å²) >= 11 is 0. The summed E-state index contributed by atoms with van der Waals surface area (Å²) in [6.07, 6.45) is 0.00488. The maximum atomic E-state index is 14.4. The first-order valence-corrected chi connectivity index (χ1v) is 13.1. The van der Waals surface area contributed by atoms with Gasteiger partial charge >= 0.3 is 0 Å². The molecule has 0 spiro atoms. The van der Waals surface area contributed by atoms with Crippen molar-refractivity contribution in [3.05, 3.63) is 126 Å². The number of ether oxygens (including phenoxy) is 1. The van der Waals surface area contributed by atoms with Crippen LogP contribution in [0, 0.1) is 0 Å². The summed E-state index contributed by atoms with van der Waals surface area (Å²) in [5, 5.41) is 1.35. The van der Waals surface area contributed by atoms with E-state index in [0.717, 1.165) is 0 Å². The van der Waals surface area contributed by atoms with Crippen LogP contribution in [0.3, 0.4) is 0 Å². The maximum absolute atomic E-state index is 14.4. The van der Waals surface area contributed by atoms with E-state index >= 15 is 0 Å². The van der Waals surface area contributed by atoms with Gasteiger partial charge in [0.25, 0.3) is 5.91 Å². The third-order valence-electron chi connectivity index (χ3n) is 5.86. The molecule has 0 aliphatic heterocycles. The molecule has 4 rings (SSSR count). The molecule has 0 aromatic heterocycles. The van der Waals surface area contributed by atoms with E-state index < -0.39 is 7.14 Å². The Bertz CT molecular complexity index is 1330. The zero-order valence-corrected chi connectivity index (χ0v) is 20.5. The lowest BCUT2D eigenvalue weighted by atomic mass is 9.97. The van der Waals surface area contributed by atoms with E-state index in [4.69, 9.17) is 4.74 Å². The van der Waals surface area contributed by atoms with Gasteiger partial charge < -0.3 is 14.2 Å². The predicted molar refractivity (Wildman–Crippen MR) is 140 cm³/mol. The SMILES string of the molecule is COc1ccc(C(=O)c2ccccc2C(=O)N(C)CP(=O)(c2ccccc2)c2ccccc2)cc1. The number of methoxy groups -OCH3 is 1. The Hall–Kier alpha value is -3.95. The number of hydrogen-bond acceptors (Lipinski definition) is 4. The highest BCUT2D eigenvalue weighted by Gasteiger charge is 2.31. The third kappa shape index (κ3) is 5.11. The molecular formula is C29H26NO4P. The lowest BCUT2D eigenvalue weighted by Gasteiger charge is -2.26. The van der Waals surface area contributed by atoms with Gasteiger partial charge in [0.15, 0.2) is 12.9 Å². The van der Waals surface area contributed by atoms with Crippen LogP contribution >= 0.6 is 7.14 Å². The van der Waals surface area contributed by atoms with Crippen molar-refractivity contribution in [3.8, 4) is 5.75 Å². The van der Waals surface area contributed by atoms with E-state index in [0.29, 0.717) is 27.5 Å². The molecule has 0 aliphatic carbocycles. The molecule has 0 heterocycles. The van der Waals surface area contributed by atoms with Gasteiger partial charge in [-0.25, -0.2) is 0 Å². The monoisotopic (exact) mass is 483 g/mol. The number of carbonyl (C=O) groups excluding carboxylic acids is 2. The molecule has 4 aromatic carbocycles. The van der Waals surface area contributed by atoms with Gasteiger partial charge in [0.1, 0.15) is 5.75 Å². The first-order valence-electron chi connectivity index (χ1n) is 11.2. The summed E-state index contributed by atoms with van der Waals surface area (Å²) in [5.74, 6) is 0.0112. The first-order chi connectivity index (χ1) is 16.9. The van der Waals surface area contributed by atoms with Crippen molar-refractivity contribution in [1.82, 2.24) is 4.90 Å². The molecule has 0 N–H and O–H groups in total. The van der Waals surface area contributed by atoms with E-state index in [9.17, 15) is 14.2 Å². The summed E-state index contributed by atoms with van der Waals surface area (Å²) in [4.78, 5) is 28.3. The van der Waals surface area contributed by atoms with Gasteiger partial charge in [0.2, 0.25) is 0 Å². The summed E-state index contributed by atoms with van der Waals surface area (Å²) in [6.45, 7) is 0. The molecule has 0 radical (unpaired) electrons. The van der Waals surface area contributed by atoms with Crippen LogP contribution in [0.25, 0.3) is 0 Å². The van der Waals surface area contributed by atoms with Crippen LogP contribution in [-0.4, -0.2) is 37.0 Å². The number of rotatable bonds is 8. The minimum Gasteiger partial charge on any atom is -0.497 e. The normalized spacial score (nSPS) is 11.0. The molecule has 5 nitrogen and oxygen atoms in total. The number of ketones is 1. The smallest absolute Gasteiger partial charge is 0.254 e. The van der Waals surface area contributed by atoms with Gasteiger partial charge in [-0.1, -0.05) is 78.9 Å². The Kier molecular flexibility index (Phi) is 7.28. The van der Waals surface area contributed by atoms with Crippen molar-refractivity contribution >= 4 is 29.4 Å². The van der Waals surface area contributed by atoms with E-state index in [-0.39, 0.29) is 23.5 Å². The molecule has 1 amide bonds. The Balaban J connectivity index is 1.67. The summed E-state index contributed by atoms with van der Waals surface area (Å²) in [7, 11) is 0.0260. The molecule has 0 atom stereocenters. The Labute approximate surface area is 205 Å². The summed E-state index contributed by atoms with van der Waals surface area (Å²) in [5.41, 5.74) is 1.01. The largest absolute Gasteiger partial charge is 0.497 e. The van der Waals surface area contributed by atoms with Crippen molar-refractivity contribution < 1.29 is 18.9 Å². The highest BCUT2D eigenvalue weighted by atomic mass is 31.2. The fourth-order valence-corrected chi connectivity index (χ4v) is 6.64. The molecular weight excluding hydrogens is 457 g/mol. The third-order valence-corrected chi connectivity index (χ3v) is 8.95. The Morgan fingerprint density at radius 2 is 1.20 bits per heavy atom. The standard InChI is InChI=1S/C29H26NO4P/c1-30(21-35(33,24-11-5-3-6-12-24)25-13-7-4-8-14-25)29(32)27-16-10-9-15-26(27)28(31)22-17-19-23(34-2)20-18-22/h3-20H,21H2,1-2H3. The van der Waals surface area contributed by atoms with Gasteiger partial charge in [-0.2, -0.15) is 0 Å². The highest BCUT2D eigenvalue weighted by molar-refractivity contribution is 7.78. The predicted octanol–water partition coefficient (Wildman–Crippen LogP) is 4.97. The average Bonchev–Trinajstić information content (AvgIpc) is 2.93. The summed E-state index contributed by atoms with van der Waals surface area (Å²) in [6, 6.07) is 31.9. The second kappa shape index (κ2) is 10.5. The quantitative estimate of drug-likeness (QED) is 0.262. The molecule has 0 saturated heterocycles. The van der Waals surface area contributed by atoms with Crippen LogP contribution in [0.15, 0.2) is 109 Å². The van der Waals surface area contributed by atoms with Crippen molar-refractivity contribution in [1.29, 1.82) is 0 Å². The number of carbonyl (C=O) groups is 2. The van der Waals surface area contributed by atoms with Gasteiger partial charge in [0, 0.05) is 28.8 Å². The second-order valence-electron chi connectivity index (χ2n) is 8.16. The van der Waals surface area contributed by atoms with E-state index in [1.165, 1.54) is 4.90 Å². The number of nitrogens with zero attached hydrogens (tertiary/aromatic N) is 1. The van der Waals surface area contributed by atoms with Gasteiger partial charge in [-0.3, -0.25) is 9.59 Å². The minimum atomic E-state index is -3.15. The Morgan fingerprint density at radius 3 is 1.71 bits per heavy atom. The van der Waals surface area contributed by atoms with Crippen LogP contribution in [0.1, 0.15) is 26.3 Å². The zero-order valence-electron chi connectivity index (χ0n) is 19.6. The van der Waals surface area contributed by atoms with Crippen LogP contribution in [0.4, 0.5) is 0 Å². The molecule has 0 aliphatic rings. The fourth-order valence-electron chi connectivity index (χ4n) is 3.98. The lowest BCUT2D eigenvalue weighted by molar-refractivity contribution is 0.0812. The zero-order chi connectivity index (χ0) is 24.8. The van der Waals surface area contributed by atoms with Crippen LogP contribution in [0.2, 0.25) is 0 Å². The second-order valence-corrected chi connectivity index (χ2v) is 11.0. The molecule has 0 saturated carbocycles. The van der Waals surface area contributed by atoms with Crippen LogP contribution in [0.5, 0.6) is 5.75 Å². The molecule has 0 bridgehead atoms. The number of amides is 1. The average molecular weight is 484 g/mol. The van der Waals surface area contributed by atoms with Gasteiger partial charge in [-0.15, -0.1) is 0 Å². The van der Waals surface area contributed by atoms with E-state index in [1.54, 1.807) is 62.7 Å². The molecule has 6 heteroatoms. The molecule has 0 unspecified atom stereocenters. The van der Waals surface area contributed by atoms with Gasteiger partial charge in [-0.05, 0) is 30.3 Å². The van der Waals surface area contributed by atoms with Gasteiger partial charge in [0.05, 0.1) is 19.0 Å². The van der Waals surface area contributed by atoms with Crippen LogP contribution < -0.4 is 15.3 Å². The number of hydrogen-bond donors (Lipinski definition) is 0. The highest BCUT2D eigenvalue weighted by Crippen LogP contribution is 2.43. The van der Waals surface area contributed by atoms with Crippen molar-refractivity contribution in [2.45, 2.75) is 0 Å². The molecule has 35 heavy (non-hydrogen) atoms. The number of benzene rings is 4. The van der Waals surface area contributed by atoms with Crippen molar-refractivity contribution in [2.75, 3.05) is 20.4 Å². The Morgan fingerprint density at radius 1 is 0.714 bits per heavy atom. The molecule has 176 valence electrons. The fraction of sp³-hybridized carbons (Fsp3) is 0.103. The molecule has 0 fully saturated rings. The van der Waals surface area contributed by atoms with Crippen LogP contribution in [-0.2, 0) is 4.57 Å². The van der Waals surface area contributed by atoms with Crippen molar-refractivity contribution in [2.24, 2.45) is 0 Å².